The van der Waals surface area contributed by atoms with Crippen LogP contribution in [0.5, 0.6) is 5.75 Å². The number of amides is 1. The molecule has 35 heavy (non-hydrogen) atoms. The van der Waals surface area contributed by atoms with E-state index < -0.39 is 6.04 Å². The summed E-state index contributed by atoms with van der Waals surface area (Å²) in [5.74, 6) is 0.593. The number of carbonyl (C=O) groups is 2. The zero-order valence-corrected chi connectivity index (χ0v) is 20.4. The topological polar surface area (TPSA) is 58.6 Å². The molecule has 1 atom stereocenters. The third-order valence-corrected chi connectivity index (χ3v) is 6.69. The van der Waals surface area contributed by atoms with Gasteiger partial charge in [-0.25, -0.2) is 0 Å². The second kappa shape index (κ2) is 9.06. The minimum Gasteiger partial charge on any atom is -0.489 e. The van der Waals surface area contributed by atoms with Gasteiger partial charge in [-0.2, -0.15) is 0 Å². The van der Waals surface area contributed by atoms with E-state index >= 15 is 0 Å². The number of fused-ring (bicyclic) bond motifs is 1. The second-order valence-corrected chi connectivity index (χ2v) is 10.1. The number of carbonyl (C=O) groups excluding carboxylic acids is 2. The predicted molar refractivity (Wildman–Crippen MR) is 138 cm³/mol. The zero-order chi connectivity index (χ0) is 24.6. The highest BCUT2D eigenvalue weighted by Crippen LogP contribution is 2.49. The Labute approximate surface area is 206 Å². The van der Waals surface area contributed by atoms with Gasteiger partial charge < -0.3 is 10.1 Å². The molecule has 1 aliphatic heterocycles. The average molecular weight is 467 g/mol. The molecule has 0 saturated carbocycles. The first-order valence-electron chi connectivity index (χ1n) is 12.0. The van der Waals surface area contributed by atoms with Crippen molar-refractivity contribution in [2.75, 3.05) is 10.2 Å². The van der Waals surface area contributed by atoms with Crippen molar-refractivity contribution in [2.24, 2.45) is 5.41 Å². The lowest BCUT2D eigenvalue weighted by Crippen LogP contribution is -2.38. The van der Waals surface area contributed by atoms with E-state index in [0.29, 0.717) is 24.4 Å². The maximum atomic E-state index is 13.7. The lowest BCUT2D eigenvalue weighted by Gasteiger charge is -2.37. The third kappa shape index (κ3) is 4.46. The Morgan fingerprint density at radius 2 is 1.66 bits per heavy atom. The number of para-hydroxylation sites is 3. The number of rotatable bonds is 4. The Morgan fingerprint density at radius 1 is 0.971 bits per heavy atom. The summed E-state index contributed by atoms with van der Waals surface area (Å²) in [5, 5.41) is 3.53. The van der Waals surface area contributed by atoms with E-state index in [0.717, 1.165) is 34.6 Å². The zero-order valence-electron chi connectivity index (χ0n) is 20.4. The number of benzene rings is 3. The first-order valence-corrected chi connectivity index (χ1v) is 12.0. The summed E-state index contributed by atoms with van der Waals surface area (Å²) in [5.41, 5.74) is 4.79. The van der Waals surface area contributed by atoms with Crippen LogP contribution in [-0.2, 0) is 16.2 Å². The van der Waals surface area contributed by atoms with Crippen LogP contribution >= 0.6 is 0 Å². The van der Waals surface area contributed by atoms with Crippen LogP contribution in [-0.4, -0.2) is 11.7 Å². The molecule has 3 aromatic rings. The molecule has 0 fully saturated rings. The molecule has 1 N–H and O–H groups in total. The van der Waals surface area contributed by atoms with Gasteiger partial charge in [0.05, 0.1) is 17.4 Å². The van der Waals surface area contributed by atoms with Crippen molar-refractivity contribution in [1.82, 2.24) is 0 Å². The molecular formula is C30H30N2O3. The van der Waals surface area contributed by atoms with Crippen LogP contribution in [0.2, 0.25) is 0 Å². The number of hydrogen-bond donors (Lipinski definition) is 1. The summed E-state index contributed by atoms with van der Waals surface area (Å²) in [6.45, 7) is 6.18. The SMILES string of the molecule is CC(=O)N1c2ccccc2NC2=C(C(=O)CC(C)(C)C2)C1c1ccccc1OCc1ccccc1. The fraction of sp³-hybridized carbons (Fsp3) is 0.267. The minimum atomic E-state index is -0.589. The fourth-order valence-corrected chi connectivity index (χ4v) is 5.20. The van der Waals surface area contributed by atoms with Gasteiger partial charge in [0.2, 0.25) is 5.91 Å². The van der Waals surface area contributed by atoms with Crippen molar-refractivity contribution in [2.45, 2.75) is 46.3 Å². The number of allylic oxidation sites excluding steroid dienone is 1. The average Bonchev–Trinajstić information content (AvgIpc) is 2.97. The number of ether oxygens (including phenoxy) is 1. The number of hydrogen-bond acceptors (Lipinski definition) is 4. The molecule has 178 valence electrons. The van der Waals surface area contributed by atoms with Crippen LogP contribution in [0, 0.1) is 5.41 Å². The van der Waals surface area contributed by atoms with Crippen molar-refractivity contribution < 1.29 is 14.3 Å². The molecule has 5 heteroatoms. The number of ketones is 1. The van der Waals surface area contributed by atoms with Gasteiger partial charge in [-0.15, -0.1) is 0 Å². The molecule has 1 unspecified atom stereocenters. The molecule has 2 aliphatic rings. The van der Waals surface area contributed by atoms with Crippen LogP contribution in [0.4, 0.5) is 11.4 Å². The van der Waals surface area contributed by atoms with Crippen molar-refractivity contribution in [1.29, 1.82) is 0 Å². The summed E-state index contributed by atoms with van der Waals surface area (Å²) < 4.78 is 6.30. The number of nitrogens with zero attached hydrogens (tertiary/aromatic N) is 1. The third-order valence-electron chi connectivity index (χ3n) is 6.69. The van der Waals surface area contributed by atoms with Crippen LogP contribution in [0.15, 0.2) is 90.1 Å². The Morgan fingerprint density at radius 3 is 2.43 bits per heavy atom. The smallest absolute Gasteiger partial charge is 0.224 e. The summed E-state index contributed by atoms with van der Waals surface area (Å²) in [4.78, 5) is 28.7. The van der Waals surface area contributed by atoms with Crippen LogP contribution in [0.25, 0.3) is 0 Å². The second-order valence-electron chi connectivity index (χ2n) is 10.1. The van der Waals surface area contributed by atoms with Crippen LogP contribution in [0.3, 0.4) is 0 Å². The lowest BCUT2D eigenvalue weighted by atomic mass is 9.73. The van der Waals surface area contributed by atoms with Gasteiger partial charge in [-0.3, -0.25) is 14.5 Å². The Bertz CT molecular complexity index is 1310. The van der Waals surface area contributed by atoms with Gasteiger partial charge in [0.15, 0.2) is 5.78 Å². The maximum absolute atomic E-state index is 13.7. The van der Waals surface area contributed by atoms with E-state index in [1.807, 2.05) is 78.9 Å². The fourth-order valence-electron chi connectivity index (χ4n) is 5.20. The first kappa shape index (κ1) is 22.9. The van der Waals surface area contributed by atoms with Gasteiger partial charge in [-0.05, 0) is 35.6 Å². The highest BCUT2D eigenvalue weighted by atomic mass is 16.5. The summed E-state index contributed by atoms with van der Waals surface area (Å²) >= 11 is 0. The normalized spacial score (nSPS) is 18.8. The highest BCUT2D eigenvalue weighted by molar-refractivity contribution is 6.06. The van der Waals surface area contributed by atoms with Crippen LogP contribution in [0.1, 0.15) is 50.8 Å². The Kier molecular flexibility index (Phi) is 5.93. The van der Waals surface area contributed by atoms with Crippen molar-refractivity contribution >= 4 is 23.1 Å². The molecule has 1 amide bonds. The minimum absolute atomic E-state index is 0.0608. The van der Waals surface area contributed by atoms with E-state index in [-0.39, 0.29) is 17.1 Å². The van der Waals surface area contributed by atoms with Gasteiger partial charge >= 0.3 is 0 Å². The molecule has 0 bridgehead atoms. The van der Waals surface area contributed by atoms with Gasteiger partial charge in [0, 0.05) is 30.2 Å². The monoisotopic (exact) mass is 466 g/mol. The Hall–Kier alpha value is -3.86. The van der Waals surface area contributed by atoms with Gasteiger partial charge in [0.1, 0.15) is 12.4 Å². The summed E-state index contributed by atoms with van der Waals surface area (Å²) in [6, 6.07) is 24.9. The predicted octanol–water partition coefficient (Wildman–Crippen LogP) is 6.43. The molecule has 0 saturated heterocycles. The maximum Gasteiger partial charge on any atom is 0.224 e. The van der Waals surface area contributed by atoms with E-state index in [1.54, 1.807) is 11.8 Å². The molecule has 1 aliphatic carbocycles. The van der Waals surface area contributed by atoms with Crippen LogP contribution < -0.4 is 15.0 Å². The molecule has 0 radical (unpaired) electrons. The summed E-state index contributed by atoms with van der Waals surface area (Å²) in [6.07, 6.45) is 1.15. The molecule has 5 rings (SSSR count). The molecular weight excluding hydrogens is 436 g/mol. The largest absolute Gasteiger partial charge is 0.489 e. The quantitative estimate of drug-likeness (QED) is 0.481. The van der Waals surface area contributed by atoms with Gasteiger partial charge in [0.25, 0.3) is 0 Å². The Balaban J connectivity index is 1.68. The first-order chi connectivity index (χ1) is 16.8. The number of anilines is 2. The highest BCUT2D eigenvalue weighted by Gasteiger charge is 2.43. The molecule has 0 aromatic heterocycles. The van der Waals surface area contributed by atoms with E-state index in [2.05, 4.69) is 19.2 Å². The van der Waals surface area contributed by atoms with E-state index in [9.17, 15) is 9.59 Å². The van der Waals surface area contributed by atoms with E-state index in [1.165, 1.54) is 0 Å². The number of nitrogens with one attached hydrogen (secondary N) is 1. The molecule has 0 spiro atoms. The lowest BCUT2D eigenvalue weighted by molar-refractivity contribution is -0.118. The van der Waals surface area contributed by atoms with Crippen molar-refractivity contribution in [3.05, 3.63) is 101 Å². The molecule has 5 nitrogen and oxygen atoms in total. The van der Waals surface area contributed by atoms with Gasteiger partial charge in [-0.1, -0.05) is 74.5 Å². The van der Waals surface area contributed by atoms with Crippen molar-refractivity contribution in [3.8, 4) is 5.75 Å². The number of Topliss-reactive ketones (excluding diaryl/α,β-unsaturated/α-hetero) is 1. The molecule has 3 aromatic carbocycles. The molecule has 1 heterocycles. The van der Waals surface area contributed by atoms with E-state index in [4.69, 9.17) is 4.74 Å². The van der Waals surface area contributed by atoms with Crippen molar-refractivity contribution in [3.63, 3.8) is 0 Å². The standard InChI is InChI=1S/C30H30N2O3/c1-20(33)32-25-15-9-8-14-23(25)31-24-17-30(2,3)18-26(34)28(24)29(32)22-13-7-10-16-27(22)35-19-21-11-5-4-6-12-21/h4-16,29,31H,17-19H2,1-3H3. The summed E-state index contributed by atoms with van der Waals surface area (Å²) in [7, 11) is 0.